The third kappa shape index (κ3) is 1.43. The third-order valence-electron chi connectivity index (χ3n) is 31.0. The Kier molecular flexibility index (Phi) is 2.67. The highest BCUT2D eigenvalue weighted by Crippen LogP contribution is 3.04. The zero-order valence-corrected chi connectivity index (χ0v) is 30.0. The van der Waals surface area contributed by atoms with Gasteiger partial charge in [0.1, 0.15) is 0 Å². The van der Waals surface area contributed by atoms with Crippen LogP contribution in [0.2, 0.25) is 0 Å². The monoisotopic (exact) mass is 656 g/mol. The van der Waals surface area contributed by atoms with Crippen LogP contribution < -0.4 is 0 Å². The molecule has 28 rings (SSSR count). The summed E-state index contributed by atoms with van der Waals surface area (Å²) in [6, 6.07) is 0. The maximum atomic E-state index is 2.00. The second kappa shape index (κ2) is 5.76. The van der Waals surface area contributed by atoms with Gasteiger partial charge in [-0.1, -0.05) is 13.8 Å². The van der Waals surface area contributed by atoms with Crippen molar-refractivity contribution in [3.63, 3.8) is 0 Å². The minimum atomic E-state index is 1.27. The smallest absolute Gasteiger partial charge is 0.0312 e. The average molecular weight is 657 g/mol. The molecule has 0 aromatic carbocycles. The zero-order valence-electron chi connectivity index (χ0n) is 30.0. The fraction of sp³-hybridized carbons (Fsp3) is 1.00. The van der Waals surface area contributed by atoms with Gasteiger partial charge in [-0.3, -0.25) is 0 Å². The van der Waals surface area contributed by atoms with Crippen LogP contribution in [0, 0.1) is 272 Å². The van der Waals surface area contributed by atoms with E-state index in [-0.39, 0.29) is 0 Å². The number of hydrogen-bond acceptors (Lipinski definition) is 0. The van der Waals surface area contributed by atoms with Gasteiger partial charge < -0.3 is 0 Å². The highest BCUT2D eigenvalue weighted by molar-refractivity contribution is 5.47. The average Bonchev–Trinajstić information content (AvgIpc) is 3.66. The van der Waals surface area contributed by atoms with E-state index in [2.05, 4.69) is 0 Å². The standard InChI is InChI=1S/C12H12.C12H14.C10H10.C8H8.C6H6.C2H6/c1-2-5-3(1)7-9(5)12-10-6(2)4(1)8(10)11(7)12;1-3-5-2-6-4(1)8-7(3)11-9(5)10(6)12(8)11;1-2-5-3(1)7-8-4(1)6(2)10(8)9(5)7;1-2-5-3(1)7-4(1)6(2)8(5)7;1-2-3(1)6-4(1)5(2)6;1-2/h1-12H;3-12H,1-2H2;1-10H;1-8H;1-6H;1-2H3. The Morgan fingerprint density at radius 3 is 0.320 bits per heavy atom. The Labute approximate surface area is 297 Å². The first-order chi connectivity index (χ1) is 25.0. The molecule has 0 radical (unpaired) electrons. The van der Waals surface area contributed by atoms with Gasteiger partial charge in [-0.2, -0.15) is 0 Å². The summed E-state index contributed by atoms with van der Waals surface area (Å²) >= 11 is 0. The first-order valence-corrected chi connectivity index (χ1v) is 25.0. The van der Waals surface area contributed by atoms with Gasteiger partial charge in [0.25, 0.3) is 0 Å². The van der Waals surface area contributed by atoms with E-state index in [1.807, 2.05) is 13.8 Å². The van der Waals surface area contributed by atoms with Gasteiger partial charge in [0, 0.05) is 0 Å². The molecule has 0 aromatic rings. The van der Waals surface area contributed by atoms with Crippen LogP contribution in [0.15, 0.2) is 0 Å². The van der Waals surface area contributed by atoms with E-state index in [9.17, 15) is 0 Å². The molecule has 28 aliphatic rings. The first kappa shape index (κ1) is 23.2. The van der Waals surface area contributed by atoms with Gasteiger partial charge in [-0.25, -0.2) is 0 Å². The van der Waals surface area contributed by atoms with Crippen molar-refractivity contribution in [2.75, 3.05) is 0 Å². The molecule has 0 aromatic heterocycles. The number of hydrogen-bond donors (Lipinski definition) is 0. The molecule has 50 heavy (non-hydrogen) atoms. The number of rotatable bonds is 0. The molecule has 0 aliphatic heterocycles. The van der Waals surface area contributed by atoms with Crippen LogP contribution in [-0.2, 0) is 0 Å². The third-order valence-corrected chi connectivity index (χ3v) is 31.0. The van der Waals surface area contributed by atoms with Crippen molar-refractivity contribution in [1.82, 2.24) is 0 Å². The molecule has 256 valence electrons. The Morgan fingerprint density at radius 2 is 0.220 bits per heavy atom. The molecule has 0 nitrogen and oxygen atoms in total. The summed E-state index contributed by atoms with van der Waals surface area (Å²) in [5.74, 6) is 60.9. The van der Waals surface area contributed by atoms with Crippen molar-refractivity contribution in [3.05, 3.63) is 0 Å². The molecule has 0 bridgehead atoms. The molecular formula is C50H56. The quantitative estimate of drug-likeness (QED) is 0.238. The largest absolute Gasteiger partial charge is 0.0683 e. The molecule has 0 N–H and O–H groups in total. The summed E-state index contributed by atoms with van der Waals surface area (Å²) in [5.41, 5.74) is 0. The van der Waals surface area contributed by atoms with Gasteiger partial charge in [0.15, 0.2) is 0 Å². The van der Waals surface area contributed by atoms with Crippen molar-refractivity contribution in [2.24, 2.45) is 272 Å². The van der Waals surface area contributed by atoms with Crippen molar-refractivity contribution in [3.8, 4) is 0 Å². The van der Waals surface area contributed by atoms with E-state index in [0.29, 0.717) is 0 Å². The van der Waals surface area contributed by atoms with Crippen molar-refractivity contribution in [2.45, 2.75) is 26.7 Å². The van der Waals surface area contributed by atoms with Crippen molar-refractivity contribution >= 4 is 0 Å². The molecule has 28 fully saturated rings. The van der Waals surface area contributed by atoms with E-state index in [4.69, 9.17) is 0 Å². The zero-order chi connectivity index (χ0) is 30.0. The lowest BCUT2D eigenvalue weighted by molar-refractivity contribution is -0.565. The second-order valence-corrected chi connectivity index (χ2v) is 27.4. The van der Waals surface area contributed by atoms with Gasteiger partial charge >= 0.3 is 0 Å². The predicted octanol–water partition coefficient (Wildman–Crippen LogP) is 7.46. The molecule has 0 spiro atoms. The lowest BCUT2D eigenvalue weighted by Gasteiger charge is -3.03. The molecule has 0 amide bonds. The fourth-order valence-corrected chi connectivity index (χ4v) is 31.7. The van der Waals surface area contributed by atoms with Crippen LogP contribution in [0.3, 0.4) is 0 Å². The Balaban J connectivity index is 0.0000000542. The topological polar surface area (TPSA) is 0 Å². The van der Waals surface area contributed by atoms with Crippen LogP contribution in [-0.4, -0.2) is 0 Å². The van der Waals surface area contributed by atoms with Crippen LogP contribution in [0.5, 0.6) is 0 Å². The lowest BCUT2D eigenvalue weighted by Crippen LogP contribution is -3.00. The maximum absolute atomic E-state index is 2.00. The molecule has 28 aliphatic carbocycles. The summed E-state index contributed by atoms with van der Waals surface area (Å²) in [7, 11) is 0. The van der Waals surface area contributed by atoms with Crippen LogP contribution in [0.1, 0.15) is 26.7 Å². The summed E-state index contributed by atoms with van der Waals surface area (Å²) < 4.78 is 0. The first-order valence-electron chi connectivity index (χ1n) is 25.0. The summed E-state index contributed by atoms with van der Waals surface area (Å²) in [4.78, 5) is 0. The predicted molar refractivity (Wildman–Crippen MR) is 181 cm³/mol. The van der Waals surface area contributed by atoms with E-state index >= 15 is 0 Å². The van der Waals surface area contributed by atoms with Gasteiger partial charge in [0.2, 0.25) is 0 Å². The molecule has 0 saturated heterocycles. The summed E-state index contributed by atoms with van der Waals surface area (Å²) in [6.45, 7) is 4.00. The molecule has 0 heteroatoms. The van der Waals surface area contributed by atoms with E-state index < -0.39 is 0 Å². The lowest BCUT2D eigenvalue weighted by atomic mass is 9.01. The Hall–Kier alpha value is 0. The number of fused-ring (bicyclic) bond motifs is 35. The Bertz CT molecular complexity index is 1390. The van der Waals surface area contributed by atoms with E-state index in [1.165, 1.54) is 272 Å². The highest BCUT2D eigenvalue weighted by Gasteiger charge is 3.00. The minimum Gasteiger partial charge on any atom is -0.0683 e. The SMILES string of the molecule is C12C3C1C1C2C31.C12C3C4C1C1C2C2C3C4C12.C12C3C4C1C1C2C3C41.C12C3C4C1C1C4C4C5C3C2C5C14.C1C2C3CC4C1C1C2C2C3C4C12.CC. The summed E-state index contributed by atoms with van der Waals surface area (Å²) in [6.07, 6.45) is 3.40. The van der Waals surface area contributed by atoms with Gasteiger partial charge in [0.05, 0.1) is 0 Å². The van der Waals surface area contributed by atoms with E-state index in [1.54, 1.807) is 12.8 Å². The van der Waals surface area contributed by atoms with Crippen LogP contribution >= 0.6 is 0 Å². The molecule has 0 heterocycles. The van der Waals surface area contributed by atoms with E-state index in [0.717, 1.165) is 0 Å². The van der Waals surface area contributed by atoms with Gasteiger partial charge in [-0.15, -0.1) is 0 Å². The Morgan fingerprint density at radius 1 is 0.140 bits per heavy atom. The van der Waals surface area contributed by atoms with Crippen molar-refractivity contribution in [1.29, 1.82) is 0 Å². The van der Waals surface area contributed by atoms with Crippen LogP contribution in [0.4, 0.5) is 0 Å². The fourth-order valence-electron chi connectivity index (χ4n) is 31.7. The highest BCUT2D eigenvalue weighted by atomic mass is 15.0. The minimum absolute atomic E-state index is 1.27. The normalized spacial score (nSPS) is 100. The van der Waals surface area contributed by atoms with Crippen molar-refractivity contribution < 1.29 is 0 Å². The molecule has 8 unspecified atom stereocenters. The van der Waals surface area contributed by atoms with Gasteiger partial charge in [-0.05, 0) is 285 Å². The summed E-state index contributed by atoms with van der Waals surface area (Å²) in [5, 5.41) is 0. The molecule has 8 atom stereocenters. The van der Waals surface area contributed by atoms with Crippen LogP contribution in [0.25, 0.3) is 0 Å². The second-order valence-electron chi connectivity index (χ2n) is 27.4. The maximum Gasteiger partial charge on any atom is -0.0312 e. The molecular weight excluding hydrogens is 601 g/mol. The molecule has 28 saturated carbocycles.